The molecule has 0 atom stereocenters. The minimum absolute atomic E-state index is 0.289. The zero-order valence-electron chi connectivity index (χ0n) is 9.64. The first kappa shape index (κ1) is 11.1. The molecule has 3 N–H and O–H groups in total. The first-order valence-corrected chi connectivity index (χ1v) is 5.08. The lowest BCUT2D eigenvalue weighted by Crippen LogP contribution is -2.14. The number of aryl methyl sites for hydroxylation is 2. The number of rotatable bonds is 2. The van der Waals surface area contributed by atoms with Crippen molar-refractivity contribution >= 4 is 17.3 Å². The molecule has 0 saturated carbocycles. The van der Waals surface area contributed by atoms with E-state index in [1.54, 1.807) is 30.2 Å². The Labute approximate surface area is 98.5 Å². The molecule has 1 amide bonds. The Bertz CT molecular complexity index is 561. The van der Waals surface area contributed by atoms with Crippen molar-refractivity contribution < 1.29 is 4.79 Å². The highest BCUT2D eigenvalue weighted by Crippen LogP contribution is 2.14. The Kier molecular flexibility index (Phi) is 2.78. The number of aromatic nitrogens is 3. The van der Waals surface area contributed by atoms with Crippen LogP contribution < -0.4 is 11.1 Å². The molecule has 17 heavy (non-hydrogen) atoms. The summed E-state index contributed by atoms with van der Waals surface area (Å²) >= 11 is 0. The molecule has 0 aliphatic heterocycles. The van der Waals surface area contributed by atoms with Crippen LogP contribution in [0.5, 0.6) is 0 Å². The first-order valence-electron chi connectivity index (χ1n) is 5.08. The number of amides is 1. The second-order valence-corrected chi connectivity index (χ2v) is 3.77. The predicted molar refractivity (Wildman–Crippen MR) is 64.5 cm³/mol. The first-order chi connectivity index (χ1) is 8.06. The molecule has 6 nitrogen and oxygen atoms in total. The second-order valence-electron chi connectivity index (χ2n) is 3.77. The molecule has 0 radical (unpaired) electrons. The number of hydrogen-bond acceptors (Lipinski definition) is 4. The van der Waals surface area contributed by atoms with E-state index in [4.69, 9.17) is 5.73 Å². The number of carbonyl (C=O) groups is 1. The molecule has 0 saturated heterocycles. The summed E-state index contributed by atoms with van der Waals surface area (Å²) in [4.78, 5) is 15.9. The van der Waals surface area contributed by atoms with E-state index in [9.17, 15) is 4.79 Å². The standard InChI is InChI=1S/C11H13N5O/c1-7-3-10(12)9(5-13-7)11(17)15-8-4-14-16(2)6-8/h3-6H,1-2H3,(H2,12,13)(H,15,17). The van der Waals surface area contributed by atoms with E-state index >= 15 is 0 Å². The number of hydrogen-bond donors (Lipinski definition) is 2. The number of carbonyl (C=O) groups excluding carboxylic acids is 1. The number of nitrogen functional groups attached to an aromatic ring is 1. The molecular formula is C11H13N5O. The lowest BCUT2D eigenvalue weighted by Gasteiger charge is -2.05. The van der Waals surface area contributed by atoms with Gasteiger partial charge in [-0.25, -0.2) is 0 Å². The van der Waals surface area contributed by atoms with Crippen LogP contribution in [-0.2, 0) is 7.05 Å². The highest BCUT2D eigenvalue weighted by molar-refractivity contribution is 6.07. The van der Waals surface area contributed by atoms with Crippen molar-refractivity contribution in [3.63, 3.8) is 0 Å². The molecule has 0 aliphatic carbocycles. The molecule has 2 rings (SSSR count). The summed E-state index contributed by atoms with van der Waals surface area (Å²) in [5.41, 5.74) is 7.94. The summed E-state index contributed by atoms with van der Waals surface area (Å²) in [6, 6.07) is 1.66. The summed E-state index contributed by atoms with van der Waals surface area (Å²) in [5, 5.41) is 6.65. The monoisotopic (exact) mass is 231 g/mol. The maximum absolute atomic E-state index is 11.9. The topological polar surface area (TPSA) is 85.8 Å². The molecule has 2 aromatic rings. The minimum Gasteiger partial charge on any atom is -0.398 e. The van der Waals surface area contributed by atoms with Gasteiger partial charge in [-0.05, 0) is 13.0 Å². The van der Waals surface area contributed by atoms with Crippen LogP contribution in [0.1, 0.15) is 16.1 Å². The Balaban J connectivity index is 2.20. The molecular weight excluding hydrogens is 218 g/mol. The largest absolute Gasteiger partial charge is 0.398 e. The van der Waals surface area contributed by atoms with Gasteiger partial charge in [0.25, 0.3) is 5.91 Å². The molecule has 0 aliphatic rings. The minimum atomic E-state index is -0.289. The van der Waals surface area contributed by atoms with Crippen molar-refractivity contribution in [3.8, 4) is 0 Å². The third-order valence-electron chi connectivity index (χ3n) is 2.28. The third-order valence-corrected chi connectivity index (χ3v) is 2.28. The highest BCUT2D eigenvalue weighted by atomic mass is 16.1. The zero-order valence-corrected chi connectivity index (χ0v) is 9.64. The van der Waals surface area contributed by atoms with Crippen molar-refractivity contribution in [2.24, 2.45) is 7.05 Å². The molecule has 2 heterocycles. The van der Waals surface area contributed by atoms with Crippen molar-refractivity contribution in [3.05, 3.63) is 35.9 Å². The number of nitrogens with two attached hydrogens (primary N) is 1. The van der Waals surface area contributed by atoms with E-state index in [0.29, 0.717) is 16.9 Å². The number of nitrogens with one attached hydrogen (secondary N) is 1. The van der Waals surface area contributed by atoms with E-state index in [0.717, 1.165) is 5.69 Å². The van der Waals surface area contributed by atoms with E-state index in [2.05, 4.69) is 15.4 Å². The van der Waals surface area contributed by atoms with Gasteiger partial charge in [0.2, 0.25) is 0 Å². The Morgan fingerprint density at radius 3 is 2.82 bits per heavy atom. The van der Waals surface area contributed by atoms with Gasteiger partial charge in [-0.3, -0.25) is 14.5 Å². The van der Waals surface area contributed by atoms with Gasteiger partial charge in [-0.2, -0.15) is 5.10 Å². The summed E-state index contributed by atoms with van der Waals surface area (Å²) in [6.07, 6.45) is 4.74. The van der Waals surface area contributed by atoms with Gasteiger partial charge < -0.3 is 11.1 Å². The normalized spacial score (nSPS) is 10.2. The predicted octanol–water partition coefficient (Wildman–Crippen LogP) is 0.958. The van der Waals surface area contributed by atoms with Crippen molar-refractivity contribution in [2.75, 3.05) is 11.1 Å². The van der Waals surface area contributed by atoms with Crippen molar-refractivity contribution in [1.82, 2.24) is 14.8 Å². The number of nitrogens with zero attached hydrogens (tertiary/aromatic N) is 3. The number of pyridine rings is 1. The molecule has 0 spiro atoms. The third kappa shape index (κ3) is 2.41. The maximum atomic E-state index is 11.9. The lowest BCUT2D eigenvalue weighted by atomic mass is 10.2. The van der Waals surface area contributed by atoms with Crippen LogP contribution in [0.4, 0.5) is 11.4 Å². The van der Waals surface area contributed by atoms with Gasteiger partial charge in [0, 0.05) is 30.8 Å². The van der Waals surface area contributed by atoms with Crippen molar-refractivity contribution in [2.45, 2.75) is 6.92 Å². The molecule has 0 aromatic carbocycles. The molecule has 88 valence electrons. The van der Waals surface area contributed by atoms with E-state index < -0.39 is 0 Å². The van der Waals surface area contributed by atoms with Crippen LogP contribution in [0.3, 0.4) is 0 Å². The van der Waals surface area contributed by atoms with Crippen LogP contribution in [0, 0.1) is 6.92 Å². The van der Waals surface area contributed by atoms with Crippen molar-refractivity contribution in [1.29, 1.82) is 0 Å². The summed E-state index contributed by atoms with van der Waals surface area (Å²) in [7, 11) is 1.78. The Morgan fingerprint density at radius 1 is 1.47 bits per heavy atom. The highest BCUT2D eigenvalue weighted by Gasteiger charge is 2.11. The van der Waals surface area contributed by atoms with Crippen LogP contribution in [0.2, 0.25) is 0 Å². The molecule has 2 aromatic heterocycles. The van der Waals surface area contributed by atoms with Gasteiger partial charge in [0.05, 0.1) is 17.4 Å². The van der Waals surface area contributed by atoms with E-state index in [1.165, 1.54) is 6.20 Å². The average Bonchev–Trinajstić information content (AvgIpc) is 2.63. The second kappa shape index (κ2) is 4.25. The number of anilines is 2. The fraction of sp³-hybridized carbons (Fsp3) is 0.182. The lowest BCUT2D eigenvalue weighted by molar-refractivity contribution is 0.102. The van der Waals surface area contributed by atoms with Crippen LogP contribution in [0.15, 0.2) is 24.7 Å². The van der Waals surface area contributed by atoms with Crippen LogP contribution in [-0.4, -0.2) is 20.7 Å². The Hall–Kier alpha value is -2.37. The van der Waals surface area contributed by atoms with E-state index in [-0.39, 0.29) is 5.91 Å². The fourth-order valence-corrected chi connectivity index (χ4v) is 1.45. The molecule has 0 bridgehead atoms. The van der Waals surface area contributed by atoms with Gasteiger partial charge in [0.1, 0.15) is 0 Å². The fourth-order valence-electron chi connectivity index (χ4n) is 1.45. The SMILES string of the molecule is Cc1cc(N)c(C(=O)Nc2cnn(C)c2)cn1. The molecule has 6 heteroatoms. The Morgan fingerprint density at radius 2 is 2.24 bits per heavy atom. The smallest absolute Gasteiger partial charge is 0.259 e. The van der Waals surface area contributed by atoms with Gasteiger partial charge in [-0.15, -0.1) is 0 Å². The summed E-state index contributed by atoms with van der Waals surface area (Å²) in [5.74, 6) is -0.289. The molecule has 0 fully saturated rings. The van der Waals surface area contributed by atoms with Crippen LogP contribution in [0.25, 0.3) is 0 Å². The summed E-state index contributed by atoms with van der Waals surface area (Å²) in [6.45, 7) is 1.82. The quantitative estimate of drug-likeness (QED) is 0.806. The average molecular weight is 231 g/mol. The molecule has 0 unspecified atom stereocenters. The maximum Gasteiger partial charge on any atom is 0.259 e. The van der Waals surface area contributed by atoms with Gasteiger partial charge >= 0.3 is 0 Å². The van der Waals surface area contributed by atoms with E-state index in [1.807, 2.05) is 6.92 Å². The summed E-state index contributed by atoms with van der Waals surface area (Å²) < 4.78 is 1.60. The van der Waals surface area contributed by atoms with Crippen LogP contribution >= 0.6 is 0 Å². The zero-order chi connectivity index (χ0) is 12.4. The van der Waals surface area contributed by atoms with Gasteiger partial charge in [0.15, 0.2) is 0 Å². The van der Waals surface area contributed by atoms with Gasteiger partial charge in [-0.1, -0.05) is 0 Å².